The van der Waals surface area contributed by atoms with E-state index in [1.54, 1.807) is 31.2 Å². The van der Waals surface area contributed by atoms with Crippen LogP contribution < -0.4 is 10.1 Å². The summed E-state index contributed by atoms with van der Waals surface area (Å²) < 4.78 is 33.3. The monoisotopic (exact) mass is 277 g/mol. The van der Waals surface area contributed by atoms with Gasteiger partial charge in [0.1, 0.15) is 0 Å². The minimum Gasteiger partial charge on any atom is -0.451 e. The molecule has 2 aromatic rings. The lowest BCUT2D eigenvalue weighted by Gasteiger charge is -2.13. The first-order valence-electron chi connectivity index (χ1n) is 6.54. The molecular formula is C16H17F2NO. The molecule has 20 heavy (non-hydrogen) atoms. The molecule has 0 aliphatic heterocycles. The first-order valence-corrected chi connectivity index (χ1v) is 6.54. The van der Waals surface area contributed by atoms with Gasteiger partial charge in [-0.1, -0.05) is 31.2 Å². The van der Waals surface area contributed by atoms with Crippen molar-refractivity contribution in [2.24, 2.45) is 0 Å². The fourth-order valence-electron chi connectivity index (χ4n) is 1.88. The van der Waals surface area contributed by atoms with Crippen molar-refractivity contribution in [2.75, 3.05) is 6.54 Å². The first kappa shape index (κ1) is 14.5. The second-order valence-corrected chi connectivity index (χ2v) is 4.50. The molecule has 0 aliphatic rings. The van der Waals surface area contributed by atoms with Crippen LogP contribution >= 0.6 is 0 Å². The zero-order valence-corrected chi connectivity index (χ0v) is 11.5. The van der Waals surface area contributed by atoms with Gasteiger partial charge in [0.05, 0.1) is 0 Å². The molecule has 0 atom stereocenters. The van der Waals surface area contributed by atoms with Crippen LogP contribution in [0.2, 0.25) is 0 Å². The van der Waals surface area contributed by atoms with Crippen molar-refractivity contribution >= 4 is 0 Å². The fourth-order valence-corrected chi connectivity index (χ4v) is 1.88. The number of aryl methyl sites for hydroxylation is 1. The van der Waals surface area contributed by atoms with Gasteiger partial charge in [-0.2, -0.15) is 0 Å². The van der Waals surface area contributed by atoms with Crippen LogP contribution in [0.5, 0.6) is 11.5 Å². The number of ether oxygens (including phenoxy) is 1. The molecule has 2 aromatic carbocycles. The Hall–Kier alpha value is -1.94. The molecule has 1 N–H and O–H groups in total. The lowest BCUT2D eigenvalue weighted by molar-refractivity contribution is 0.407. The second-order valence-electron chi connectivity index (χ2n) is 4.50. The van der Waals surface area contributed by atoms with Gasteiger partial charge in [-0.15, -0.1) is 0 Å². The van der Waals surface area contributed by atoms with Crippen LogP contribution in [0.15, 0.2) is 36.4 Å². The van der Waals surface area contributed by atoms with Gasteiger partial charge in [0.25, 0.3) is 0 Å². The molecule has 4 heteroatoms. The van der Waals surface area contributed by atoms with Crippen molar-refractivity contribution < 1.29 is 13.5 Å². The highest BCUT2D eigenvalue weighted by Crippen LogP contribution is 2.31. The van der Waals surface area contributed by atoms with Gasteiger partial charge >= 0.3 is 0 Å². The largest absolute Gasteiger partial charge is 0.451 e. The molecule has 0 bridgehead atoms. The van der Waals surface area contributed by atoms with Crippen LogP contribution in [0, 0.1) is 18.6 Å². The van der Waals surface area contributed by atoms with Crippen molar-refractivity contribution in [3.05, 3.63) is 59.2 Å². The van der Waals surface area contributed by atoms with E-state index in [2.05, 4.69) is 5.32 Å². The average Bonchev–Trinajstić information content (AvgIpc) is 2.44. The third-order valence-electron chi connectivity index (χ3n) is 2.98. The molecule has 0 spiro atoms. The third-order valence-corrected chi connectivity index (χ3v) is 2.98. The maximum Gasteiger partial charge on any atom is 0.168 e. The van der Waals surface area contributed by atoms with Crippen molar-refractivity contribution in [1.82, 2.24) is 5.32 Å². The molecule has 2 nitrogen and oxygen atoms in total. The van der Waals surface area contributed by atoms with E-state index in [0.717, 1.165) is 6.54 Å². The smallest absolute Gasteiger partial charge is 0.168 e. The SMILES string of the molecule is CCNCc1cccc(F)c1Oc1cccc(C)c1F. The van der Waals surface area contributed by atoms with Crippen LogP contribution in [0.3, 0.4) is 0 Å². The van der Waals surface area contributed by atoms with E-state index >= 15 is 0 Å². The highest BCUT2D eigenvalue weighted by molar-refractivity contribution is 5.40. The molecular weight excluding hydrogens is 260 g/mol. The topological polar surface area (TPSA) is 21.3 Å². The van der Waals surface area contributed by atoms with Crippen LogP contribution in [-0.2, 0) is 6.54 Å². The molecule has 0 unspecified atom stereocenters. The second kappa shape index (κ2) is 6.48. The fraction of sp³-hybridized carbons (Fsp3) is 0.250. The summed E-state index contributed by atoms with van der Waals surface area (Å²) in [6.07, 6.45) is 0. The van der Waals surface area contributed by atoms with Crippen molar-refractivity contribution in [3.8, 4) is 11.5 Å². The summed E-state index contributed by atoms with van der Waals surface area (Å²) in [5, 5.41) is 3.10. The van der Waals surface area contributed by atoms with Gasteiger partial charge in [-0.05, 0) is 31.2 Å². The summed E-state index contributed by atoms with van der Waals surface area (Å²) in [6, 6.07) is 9.49. The number of rotatable bonds is 5. The number of hydrogen-bond acceptors (Lipinski definition) is 2. The third kappa shape index (κ3) is 3.14. The van der Waals surface area contributed by atoms with E-state index in [4.69, 9.17) is 4.74 Å². The first-order chi connectivity index (χ1) is 9.63. The van der Waals surface area contributed by atoms with Crippen molar-refractivity contribution in [3.63, 3.8) is 0 Å². The summed E-state index contributed by atoms with van der Waals surface area (Å²) in [6.45, 7) is 4.83. The molecule has 2 rings (SSSR count). The molecule has 106 valence electrons. The molecule has 0 saturated carbocycles. The molecule has 0 amide bonds. The highest BCUT2D eigenvalue weighted by Gasteiger charge is 2.14. The molecule has 0 heterocycles. The van der Waals surface area contributed by atoms with E-state index in [0.29, 0.717) is 17.7 Å². The molecule has 0 aliphatic carbocycles. The number of benzene rings is 2. The number of hydrogen-bond donors (Lipinski definition) is 1. The Labute approximate surface area is 117 Å². The Morgan fingerprint density at radius 3 is 2.60 bits per heavy atom. The van der Waals surface area contributed by atoms with E-state index in [1.807, 2.05) is 6.92 Å². The quantitative estimate of drug-likeness (QED) is 0.885. The molecule has 0 fully saturated rings. The standard InChI is InChI=1S/C16H17F2NO/c1-3-19-10-12-7-5-8-13(17)16(12)20-14-9-4-6-11(2)15(14)18/h4-9,19H,3,10H2,1-2H3. The normalized spacial score (nSPS) is 10.6. The van der Waals surface area contributed by atoms with Crippen molar-refractivity contribution in [1.29, 1.82) is 0 Å². The van der Waals surface area contributed by atoms with E-state index < -0.39 is 11.6 Å². The minimum atomic E-state index is -0.499. The van der Waals surface area contributed by atoms with Crippen LogP contribution in [0.1, 0.15) is 18.1 Å². The summed E-state index contributed by atoms with van der Waals surface area (Å²) in [5.41, 5.74) is 1.12. The maximum absolute atomic E-state index is 13.9. The van der Waals surface area contributed by atoms with Gasteiger partial charge in [0, 0.05) is 12.1 Å². The summed E-state index contributed by atoms with van der Waals surface area (Å²) >= 11 is 0. The Morgan fingerprint density at radius 2 is 1.85 bits per heavy atom. The van der Waals surface area contributed by atoms with Crippen LogP contribution in [-0.4, -0.2) is 6.54 Å². The number of para-hydroxylation sites is 1. The maximum atomic E-state index is 13.9. The predicted octanol–water partition coefficient (Wildman–Crippen LogP) is 4.18. The van der Waals surface area contributed by atoms with E-state index in [-0.39, 0.29) is 11.5 Å². The molecule has 0 radical (unpaired) electrons. The zero-order valence-electron chi connectivity index (χ0n) is 11.5. The Morgan fingerprint density at radius 1 is 1.10 bits per heavy atom. The van der Waals surface area contributed by atoms with Gasteiger partial charge in [-0.25, -0.2) is 8.78 Å². The van der Waals surface area contributed by atoms with Crippen LogP contribution in [0.4, 0.5) is 8.78 Å². The summed E-state index contributed by atoms with van der Waals surface area (Å²) in [4.78, 5) is 0. The lowest BCUT2D eigenvalue weighted by atomic mass is 10.2. The lowest BCUT2D eigenvalue weighted by Crippen LogP contribution is -2.13. The van der Waals surface area contributed by atoms with Crippen LogP contribution in [0.25, 0.3) is 0 Å². The van der Waals surface area contributed by atoms with Gasteiger partial charge in [-0.3, -0.25) is 0 Å². The van der Waals surface area contributed by atoms with Gasteiger partial charge in [0.15, 0.2) is 23.1 Å². The van der Waals surface area contributed by atoms with Gasteiger partial charge in [0.2, 0.25) is 0 Å². The number of nitrogens with one attached hydrogen (secondary N) is 1. The predicted molar refractivity (Wildman–Crippen MR) is 75.0 cm³/mol. The summed E-state index contributed by atoms with van der Waals surface area (Å²) in [7, 11) is 0. The summed E-state index contributed by atoms with van der Waals surface area (Å²) in [5.74, 6) is -0.864. The minimum absolute atomic E-state index is 0.0350. The zero-order chi connectivity index (χ0) is 14.5. The molecule has 0 saturated heterocycles. The Kier molecular flexibility index (Phi) is 4.69. The average molecular weight is 277 g/mol. The number of halogens is 2. The Balaban J connectivity index is 2.34. The van der Waals surface area contributed by atoms with E-state index in [1.165, 1.54) is 12.1 Å². The highest BCUT2D eigenvalue weighted by atomic mass is 19.1. The van der Waals surface area contributed by atoms with Gasteiger partial charge < -0.3 is 10.1 Å². The van der Waals surface area contributed by atoms with Crippen molar-refractivity contribution in [2.45, 2.75) is 20.4 Å². The van der Waals surface area contributed by atoms with E-state index in [9.17, 15) is 8.78 Å². The molecule has 0 aromatic heterocycles. The Bertz CT molecular complexity index is 599.